The number of carbonyl (C=O) groups excluding carboxylic acids is 1. The average molecular weight is 504 g/mol. The highest BCUT2D eigenvalue weighted by molar-refractivity contribution is 5.91. The first kappa shape index (κ1) is 25.0. The summed E-state index contributed by atoms with van der Waals surface area (Å²) < 4.78 is 49.2. The smallest absolute Gasteiger partial charge is 0.407 e. The number of halogens is 3. The number of carboxylic acids is 1. The fraction of sp³-hybridized carbons (Fsp3) is 0.333. The quantitative estimate of drug-likeness (QED) is 0.558. The molecule has 0 bridgehead atoms. The van der Waals surface area contributed by atoms with Crippen LogP contribution in [0.1, 0.15) is 37.6 Å². The number of hydrogen-bond acceptors (Lipinski definition) is 6. The van der Waals surface area contributed by atoms with Crippen LogP contribution in [0.15, 0.2) is 35.3 Å². The molecule has 190 valence electrons. The summed E-state index contributed by atoms with van der Waals surface area (Å²) in [6.07, 6.45) is 0.616. The summed E-state index contributed by atoms with van der Waals surface area (Å²) in [5.74, 6) is -4.56. The first-order chi connectivity index (χ1) is 16.8. The van der Waals surface area contributed by atoms with Crippen LogP contribution in [-0.4, -0.2) is 51.3 Å². The monoisotopic (exact) mass is 504 g/mol. The molecule has 1 unspecified atom stereocenters. The molecule has 1 aliphatic rings. The van der Waals surface area contributed by atoms with Crippen molar-refractivity contribution in [1.82, 2.24) is 14.7 Å². The fourth-order valence-corrected chi connectivity index (χ4v) is 4.01. The van der Waals surface area contributed by atoms with E-state index in [1.165, 1.54) is 4.90 Å². The highest BCUT2D eigenvalue weighted by Gasteiger charge is 2.30. The lowest BCUT2D eigenvalue weighted by molar-refractivity contribution is 0.0508. The van der Waals surface area contributed by atoms with E-state index >= 15 is 4.39 Å². The number of ether oxygens (including phenoxy) is 1. The second-order valence-electron chi connectivity index (χ2n) is 9.39. The Hall–Kier alpha value is -4.09. The minimum absolute atomic E-state index is 0.131. The van der Waals surface area contributed by atoms with Crippen LogP contribution in [0, 0.1) is 17.5 Å². The van der Waals surface area contributed by atoms with Crippen LogP contribution < -0.4 is 15.8 Å². The van der Waals surface area contributed by atoms with Crippen molar-refractivity contribution in [3.05, 3.63) is 63.8 Å². The van der Waals surface area contributed by atoms with Gasteiger partial charge < -0.3 is 20.1 Å². The molecule has 0 aliphatic carbocycles. The maximum absolute atomic E-state index is 15.1. The number of amides is 1. The molecule has 1 fully saturated rings. The third kappa shape index (κ3) is 4.97. The van der Waals surface area contributed by atoms with Gasteiger partial charge >= 0.3 is 12.1 Å². The Morgan fingerprint density at radius 3 is 2.50 bits per heavy atom. The van der Waals surface area contributed by atoms with Crippen molar-refractivity contribution in [2.45, 2.75) is 38.8 Å². The molecule has 3 aromatic rings. The molecule has 2 aromatic heterocycles. The van der Waals surface area contributed by atoms with Crippen LogP contribution >= 0.6 is 0 Å². The Morgan fingerprint density at radius 1 is 1.14 bits per heavy atom. The molecule has 1 aliphatic heterocycles. The first-order valence-corrected chi connectivity index (χ1v) is 11.0. The van der Waals surface area contributed by atoms with Gasteiger partial charge in [-0.15, -0.1) is 0 Å². The van der Waals surface area contributed by atoms with Gasteiger partial charge in [0.2, 0.25) is 0 Å². The van der Waals surface area contributed by atoms with Gasteiger partial charge in [-0.1, -0.05) is 0 Å². The van der Waals surface area contributed by atoms with E-state index in [0.717, 1.165) is 24.4 Å². The molecule has 1 saturated heterocycles. The number of aromatic nitrogens is 2. The molecule has 1 aromatic carbocycles. The summed E-state index contributed by atoms with van der Waals surface area (Å²) in [5, 5.41) is 12.2. The topological polar surface area (TPSA) is 113 Å². The summed E-state index contributed by atoms with van der Waals surface area (Å²) in [7, 11) is 0. The van der Waals surface area contributed by atoms with Gasteiger partial charge in [-0.05, 0) is 45.4 Å². The normalized spacial score (nSPS) is 15.8. The summed E-state index contributed by atoms with van der Waals surface area (Å²) in [6.45, 7) is 5.65. The number of carbonyl (C=O) groups is 2. The lowest BCUT2D eigenvalue weighted by atomic mass is 10.0. The fourth-order valence-electron chi connectivity index (χ4n) is 4.01. The Balaban J connectivity index is 1.77. The van der Waals surface area contributed by atoms with E-state index in [-0.39, 0.29) is 35.2 Å². The van der Waals surface area contributed by atoms with E-state index in [2.05, 4.69) is 10.3 Å². The average Bonchev–Trinajstić information content (AvgIpc) is 3.21. The number of anilines is 1. The lowest BCUT2D eigenvalue weighted by Crippen LogP contribution is -2.40. The molecule has 36 heavy (non-hydrogen) atoms. The molecule has 4 rings (SSSR count). The predicted octanol–water partition coefficient (Wildman–Crippen LogP) is 3.58. The van der Waals surface area contributed by atoms with Crippen molar-refractivity contribution < 1.29 is 32.6 Å². The highest BCUT2D eigenvalue weighted by Crippen LogP contribution is 2.30. The van der Waals surface area contributed by atoms with E-state index in [4.69, 9.17) is 4.74 Å². The van der Waals surface area contributed by atoms with Gasteiger partial charge in [-0.3, -0.25) is 9.20 Å². The van der Waals surface area contributed by atoms with Crippen LogP contribution in [-0.2, 0) is 4.74 Å². The molecule has 3 heterocycles. The molecule has 2 N–H and O–H groups in total. The number of nitrogens with one attached hydrogen (secondary N) is 1. The number of benzene rings is 1. The van der Waals surface area contributed by atoms with Crippen molar-refractivity contribution in [1.29, 1.82) is 0 Å². The summed E-state index contributed by atoms with van der Waals surface area (Å²) in [6, 6.07) is 3.22. The minimum Gasteiger partial charge on any atom is -0.477 e. The number of fused-ring (bicyclic) bond motifs is 1. The number of pyridine rings is 1. The lowest BCUT2D eigenvalue weighted by Gasteiger charge is -2.22. The van der Waals surface area contributed by atoms with E-state index in [0.29, 0.717) is 23.4 Å². The number of aromatic carboxylic acids is 1. The molecule has 0 saturated carbocycles. The number of hydrogen-bond donors (Lipinski definition) is 2. The number of nitrogens with zero attached hydrogens (tertiary/aromatic N) is 3. The third-order valence-electron chi connectivity index (χ3n) is 5.54. The Bertz CT molecular complexity index is 1430. The SMILES string of the molecule is CC(C)(C)OC(=O)NC1CCN(c2nc3c(-c4ccc(F)cc4F)cc(C(=O)O)c(=O)n3cc2F)C1. The maximum Gasteiger partial charge on any atom is 0.407 e. The van der Waals surface area contributed by atoms with Crippen molar-refractivity contribution in [3.8, 4) is 11.1 Å². The molecular formula is C24H23F3N4O5. The van der Waals surface area contributed by atoms with Crippen molar-refractivity contribution in [2.24, 2.45) is 0 Å². The zero-order valence-electron chi connectivity index (χ0n) is 19.6. The molecular weight excluding hydrogens is 481 g/mol. The Morgan fingerprint density at radius 2 is 1.86 bits per heavy atom. The maximum atomic E-state index is 15.1. The van der Waals surface area contributed by atoms with Gasteiger partial charge in [0.25, 0.3) is 5.56 Å². The number of rotatable bonds is 4. The summed E-state index contributed by atoms with van der Waals surface area (Å²) in [4.78, 5) is 42.2. The van der Waals surface area contributed by atoms with Crippen molar-refractivity contribution >= 4 is 23.5 Å². The molecule has 12 heteroatoms. The van der Waals surface area contributed by atoms with Gasteiger partial charge in [0.15, 0.2) is 11.6 Å². The van der Waals surface area contributed by atoms with Gasteiger partial charge in [-0.25, -0.2) is 27.7 Å². The van der Waals surface area contributed by atoms with E-state index < -0.39 is 46.2 Å². The van der Waals surface area contributed by atoms with Gasteiger partial charge in [0.05, 0.1) is 12.2 Å². The number of carboxylic acid groups (broad SMARTS) is 1. The molecule has 0 radical (unpaired) electrons. The predicted molar refractivity (Wildman–Crippen MR) is 124 cm³/mol. The number of alkyl carbamates (subject to hydrolysis) is 1. The van der Waals surface area contributed by atoms with Crippen LogP contribution in [0.5, 0.6) is 0 Å². The zero-order chi connectivity index (χ0) is 26.4. The Kier molecular flexibility index (Phi) is 6.37. The molecule has 9 nitrogen and oxygen atoms in total. The van der Waals surface area contributed by atoms with Gasteiger partial charge in [-0.2, -0.15) is 0 Å². The Labute approximate surface area is 203 Å². The second kappa shape index (κ2) is 9.17. The van der Waals surface area contributed by atoms with E-state index in [9.17, 15) is 28.3 Å². The molecule has 0 spiro atoms. The third-order valence-corrected chi connectivity index (χ3v) is 5.54. The minimum atomic E-state index is -1.60. The molecule has 1 atom stereocenters. The second-order valence-corrected chi connectivity index (χ2v) is 9.39. The standard InChI is InChI=1S/C24H23F3N4O5/c1-24(2,3)36-23(35)28-13-6-7-30(10-13)20-18(27)11-31-19(29-20)15(9-16(21(31)32)22(33)34)14-5-4-12(25)8-17(14)26/h4-5,8-9,11,13H,6-7,10H2,1-3H3,(H,28,35)(H,33,34). The van der Waals surface area contributed by atoms with E-state index in [1.54, 1.807) is 20.8 Å². The summed E-state index contributed by atoms with van der Waals surface area (Å²) >= 11 is 0. The van der Waals surface area contributed by atoms with Crippen LogP contribution in [0.2, 0.25) is 0 Å². The van der Waals surface area contributed by atoms with Crippen LogP contribution in [0.4, 0.5) is 23.8 Å². The van der Waals surface area contributed by atoms with E-state index in [1.807, 2.05) is 0 Å². The first-order valence-electron chi connectivity index (χ1n) is 11.0. The van der Waals surface area contributed by atoms with Crippen molar-refractivity contribution in [2.75, 3.05) is 18.0 Å². The van der Waals surface area contributed by atoms with Crippen LogP contribution in [0.3, 0.4) is 0 Å². The van der Waals surface area contributed by atoms with Crippen LogP contribution in [0.25, 0.3) is 16.8 Å². The largest absolute Gasteiger partial charge is 0.477 e. The van der Waals surface area contributed by atoms with Gasteiger partial charge in [0.1, 0.15) is 28.4 Å². The van der Waals surface area contributed by atoms with Crippen molar-refractivity contribution in [3.63, 3.8) is 0 Å². The van der Waals surface area contributed by atoms with Gasteiger partial charge in [0, 0.05) is 30.3 Å². The zero-order valence-corrected chi connectivity index (χ0v) is 19.6. The molecule has 1 amide bonds. The summed E-state index contributed by atoms with van der Waals surface area (Å²) in [5.41, 5.74) is -3.05. The highest BCUT2D eigenvalue weighted by atomic mass is 19.1.